The molecule has 1 aromatic carbocycles. The molecule has 218 valence electrons. The number of nitrogens with zero attached hydrogens (tertiary/aromatic N) is 3. The Bertz CT molecular complexity index is 1040. The average molecular weight is 570 g/mol. The van der Waals surface area contributed by atoms with Crippen LogP contribution in [0.15, 0.2) is 18.2 Å². The summed E-state index contributed by atoms with van der Waals surface area (Å²) in [4.78, 5) is 28.2. The summed E-state index contributed by atoms with van der Waals surface area (Å²) in [6, 6.07) is 4.74. The van der Waals surface area contributed by atoms with Crippen LogP contribution in [0.5, 0.6) is 0 Å². The van der Waals surface area contributed by atoms with Gasteiger partial charge >= 0.3 is 24.4 Å². The quantitative estimate of drug-likeness (QED) is 0.501. The van der Waals surface area contributed by atoms with Crippen molar-refractivity contribution >= 4 is 17.7 Å². The zero-order chi connectivity index (χ0) is 28.6. The van der Waals surface area contributed by atoms with E-state index in [1.807, 2.05) is 11.0 Å². The van der Waals surface area contributed by atoms with E-state index >= 15 is 0 Å². The van der Waals surface area contributed by atoms with Crippen LogP contribution in [0.4, 0.5) is 41.2 Å². The van der Waals surface area contributed by atoms with Gasteiger partial charge in [0.05, 0.1) is 5.92 Å². The van der Waals surface area contributed by atoms with Gasteiger partial charge in [0.2, 0.25) is 0 Å². The minimum atomic E-state index is -5.76. The van der Waals surface area contributed by atoms with E-state index in [9.17, 15) is 45.4 Å². The zero-order valence-corrected chi connectivity index (χ0v) is 21.0. The Kier molecular flexibility index (Phi) is 8.25. The number of amides is 1. The van der Waals surface area contributed by atoms with Gasteiger partial charge in [-0.2, -0.15) is 26.3 Å². The predicted molar refractivity (Wildman–Crippen MR) is 124 cm³/mol. The van der Waals surface area contributed by atoms with Gasteiger partial charge in [-0.25, -0.2) is 9.18 Å². The Labute approximate surface area is 220 Å². The largest absolute Gasteiger partial charge is 0.481 e. The second-order valence-corrected chi connectivity index (χ2v) is 10.7. The fourth-order valence-corrected chi connectivity index (χ4v) is 5.78. The van der Waals surface area contributed by atoms with Crippen LogP contribution < -0.4 is 4.90 Å². The highest BCUT2D eigenvalue weighted by Crippen LogP contribution is 2.42. The molecule has 0 unspecified atom stereocenters. The maximum absolute atomic E-state index is 14.4. The van der Waals surface area contributed by atoms with Crippen molar-refractivity contribution in [3.63, 3.8) is 0 Å². The van der Waals surface area contributed by atoms with Crippen LogP contribution >= 0.6 is 0 Å². The van der Waals surface area contributed by atoms with Gasteiger partial charge in [0.1, 0.15) is 5.82 Å². The van der Waals surface area contributed by atoms with Crippen LogP contribution in [0.1, 0.15) is 37.7 Å². The van der Waals surface area contributed by atoms with E-state index in [4.69, 9.17) is 0 Å². The number of carboxylic acid groups (broad SMARTS) is 1. The molecule has 3 heterocycles. The Morgan fingerprint density at radius 3 is 2.10 bits per heavy atom. The first-order valence-electron chi connectivity index (χ1n) is 12.7. The molecule has 7 nitrogen and oxygen atoms in total. The van der Waals surface area contributed by atoms with Crippen molar-refractivity contribution in [3.05, 3.63) is 29.6 Å². The number of anilines is 1. The maximum Gasteiger partial charge on any atom is 0.434 e. The Morgan fingerprint density at radius 2 is 1.54 bits per heavy atom. The standard InChI is InChI=1S/C25H30F7N3O4/c26-18-11-16(12-19(13-18)34-6-1-17(2-7-34)20(36)37)14-33-8-3-23(15-33)4-9-35(10-5-23)22(38)39-21(24(27,28)29)25(30,31)32/h11-13,17,21H,1-10,14-15H2,(H,36,37). The van der Waals surface area contributed by atoms with Crippen LogP contribution in [0.2, 0.25) is 0 Å². The number of halogens is 7. The number of likely N-dealkylation sites (tertiary alicyclic amines) is 2. The van der Waals surface area contributed by atoms with Gasteiger partial charge in [-0.3, -0.25) is 9.69 Å². The van der Waals surface area contributed by atoms with Crippen molar-refractivity contribution in [2.75, 3.05) is 44.2 Å². The van der Waals surface area contributed by atoms with E-state index < -0.39 is 42.3 Å². The highest BCUT2D eigenvalue weighted by molar-refractivity contribution is 5.70. The Hall–Kier alpha value is -2.77. The molecule has 3 saturated heterocycles. The van der Waals surface area contributed by atoms with Crippen molar-refractivity contribution in [2.24, 2.45) is 11.3 Å². The number of hydrogen-bond acceptors (Lipinski definition) is 5. The summed E-state index contributed by atoms with van der Waals surface area (Å²) < 4.78 is 94.7. The van der Waals surface area contributed by atoms with E-state index in [-0.39, 0.29) is 18.5 Å². The molecule has 4 rings (SSSR count). The summed E-state index contributed by atoms with van der Waals surface area (Å²) >= 11 is 0. The normalized spacial score (nSPS) is 21.1. The van der Waals surface area contributed by atoms with Gasteiger partial charge in [0.15, 0.2) is 0 Å². The number of benzene rings is 1. The highest BCUT2D eigenvalue weighted by atomic mass is 19.4. The first-order chi connectivity index (χ1) is 18.1. The van der Waals surface area contributed by atoms with E-state index in [2.05, 4.69) is 9.64 Å². The monoisotopic (exact) mass is 569 g/mol. The molecule has 0 radical (unpaired) electrons. The number of alkyl halides is 6. The summed E-state index contributed by atoms with van der Waals surface area (Å²) in [7, 11) is 0. The summed E-state index contributed by atoms with van der Waals surface area (Å²) in [5.74, 6) is -1.63. The number of carbonyl (C=O) groups excluding carboxylic acids is 1. The molecule has 1 spiro atoms. The van der Waals surface area contributed by atoms with Crippen molar-refractivity contribution in [3.8, 4) is 0 Å². The number of ether oxygens (including phenoxy) is 1. The van der Waals surface area contributed by atoms with Gasteiger partial charge in [-0.15, -0.1) is 0 Å². The molecule has 0 saturated carbocycles. The van der Waals surface area contributed by atoms with E-state index in [1.54, 1.807) is 0 Å². The minimum Gasteiger partial charge on any atom is -0.481 e. The predicted octanol–water partition coefficient (Wildman–Crippen LogP) is 5.04. The van der Waals surface area contributed by atoms with Gasteiger partial charge < -0.3 is 19.6 Å². The number of hydrogen-bond donors (Lipinski definition) is 1. The number of rotatable bonds is 5. The first kappa shape index (κ1) is 29.2. The Balaban J connectivity index is 1.31. The molecule has 3 fully saturated rings. The summed E-state index contributed by atoms with van der Waals surface area (Å²) in [5.41, 5.74) is 1.18. The molecule has 39 heavy (non-hydrogen) atoms. The summed E-state index contributed by atoms with van der Waals surface area (Å²) in [5, 5.41) is 9.19. The molecule has 3 aliphatic heterocycles. The van der Waals surface area contributed by atoms with Crippen LogP contribution in [-0.2, 0) is 16.1 Å². The lowest BCUT2D eigenvalue weighted by Gasteiger charge is -2.39. The maximum atomic E-state index is 14.4. The second kappa shape index (κ2) is 11.0. The van der Waals surface area contributed by atoms with E-state index in [0.29, 0.717) is 64.1 Å². The molecule has 0 aliphatic carbocycles. The van der Waals surface area contributed by atoms with Crippen molar-refractivity contribution < 1.29 is 50.2 Å². The van der Waals surface area contributed by atoms with Crippen molar-refractivity contribution in [2.45, 2.75) is 57.1 Å². The molecule has 1 aromatic rings. The van der Waals surface area contributed by atoms with Crippen LogP contribution in [0.3, 0.4) is 0 Å². The molecule has 0 bridgehead atoms. The van der Waals surface area contributed by atoms with Crippen LogP contribution in [0, 0.1) is 17.2 Å². The van der Waals surface area contributed by atoms with Crippen molar-refractivity contribution in [1.29, 1.82) is 0 Å². The fourth-order valence-electron chi connectivity index (χ4n) is 5.78. The number of carbonyl (C=O) groups is 2. The smallest absolute Gasteiger partial charge is 0.434 e. The SMILES string of the molecule is O=C(O)C1CCN(c2cc(F)cc(CN3CCC4(CCN(C(=O)OC(C(F)(F)F)C(F)(F)F)CC4)C3)c2)CC1. The summed E-state index contributed by atoms with van der Waals surface area (Å²) in [6.45, 7) is 2.69. The molecular formula is C25H30F7N3O4. The molecule has 0 atom stereocenters. The number of piperidine rings is 2. The minimum absolute atomic E-state index is 0.0223. The van der Waals surface area contributed by atoms with Gasteiger partial charge in [0, 0.05) is 45.0 Å². The lowest BCUT2D eigenvalue weighted by molar-refractivity contribution is -0.308. The highest BCUT2D eigenvalue weighted by Gasteiger charge is 2.60. The lowest BCUT2D eigenvalue weighted by atomic mass is 9.78. The lowest BCUT2D eigenvalue weighted by Crippen LogP contribution is -2.50. The van der Waals surface area contributed by atoms with Crippen LogP contribution in [0.25, 0.3) is 0 Å². The molecule has 0 aromatic heterocycles. The molecule has 1 amide bonds. The van der Waals surface area contributed by atoms with Crippen LogP contribution in [-0.4, -0.2) is 84.7 Å². The molecular weight excluding hydrogens is 539 g/mol. The Morgan fingerprint density at radius 1 is 0.949 bits per heavy atom. The zero-order valence-electron chi connectivity index (χ0n) is 21.0. The molecule has 3 aliphatic rings. The topological polar surface area (TPSA) is 73.3 Å². The third-order valence-electron chi connectivity index (χ3n) is 7.97. The van der Waals surface area contributed by atoms with Gasteiger partial charge in [-0.1, -0.05) is 0 Å². The van der Waals surface area contributed by atoms with Crippen molar-refractivity contribution in [1.82, 2.24) is 9.80 Å². The molecule has 14 heteroatoms. The second-order valence-electron chi connectivity index (χ2n) is 10.7. The summed E-state index contributed by atoms with van der Waals surface area (Å²) in [6.07, 6.45) is -14.8. The first-order valence-corrected chi connectivity index (χ1v) is 12.7. The van der Waals surface area contributed by atoms with Gasteiger partial charge in [-0.05, 0) is 67.8 Å². The van der Waals surface area contributed by atoms with E-state index in [0.717, 1.165) is 16.9 Å². The van der Waals surface area contributed by atoms with Gasteiger partial charge in [0.25, 0.3) is 6.10 Å². The third kappa shape index (κ3) is 7.06. The average Bonchev–Trinajstić information content (AvgIpc) is 3.22. The van der Waals surface area contributed by atoms with E-state index in [1.165, 1.54) is 12.1 Å². The third-order valence-corrected chi connectivity index (χ3v) is 7.97. The molecule has 1 N–H and O–H groups in total. The fraction of sp³-hybridized carbons (Fsp3) is 0.680. The number of aliphatic carboxylic acids is 1. The number of carboxylic acids is 1.